The molecule has 0 amide bonds. The third-order valence-electron chi connectivity index (χ3n) is 10.0. The summed E-state index contributed by atoms with van der Waals surface area (Å²) in [7, 11) is 0. The molecule has 0 saturated carbocycles. The quantitative estimate of drug-likeness (QED) is 0.197. The maximum atomic E-state index is 6.28. The second-order valence-electron chi connectivity index (χ2n) is 13.0. The Labute approximate surface area is 275 Å². The van der Waals surface area contributed by atoms with Gasteiger partial charge in [0.2, 0.25) is 0 Å². The van der Waals surface area contributed by atoms with E-state index in [2.05, 4.69) is 122 Å². The molecule has 0 atom stereocenters. The summed E-state index contributed by atoms with van der Waals surface area (Å²) in [6.45, 7) is 4.70. The van der Waals surface area contributed by atoms with Gasteiger partial charge in [-0.3, -0.25) is 0 Å². The van der Waals surface area contributed by atoms with Crippen LogP contribution in [-0.2, 0) is 5.41 Å². The molecule has 6 aromatic carbocycles. The molecule has 0 saturated heterocycles. The average Bonchev–Trinajstić information content (AvgIpc) is 3.76. The minimum atomic E-state index is -0.0359. The number of benzene rings is 6. The average molecular weight is 621 g/mol. The van der Waals surface area contributed by atoms with E-state index >= 15 is 0 Å². The zero-order valence-electron chi connectivity index (χ0n) is 25.9. The van der Waals surface area contributed by atoms with Crippen LogP contribution in [0.5, 0.6) is 0 Å². The number of aromatic nitrogens is 2. The van der Waals surface area contributed by atoms with Gasteiger partial charge in [0.25, 0.3) is 0 Å². The monoisotopic (exact) mass is 620 g/mol. The first-order valence-corrected chi connectivity index (χ1v) is 16.8. The maximum Gasteiger partial charge on any atom is 0.180 e. The van der Waals surface area contributed by atoms with E-state index in [4.69, 9.17) is 9.40 Å². The van der Waals surface area contributed by atoms with E-state index in [0.29, 0.717) is 0 Å². The van der Waals surface area contributed by atoms with Crippen LogP contribution in [-0.4, -0.2) is 9.97 Å². The van der Waals surface area contributed by atoms with Crippen molar-refractivity contribution in [1.82, 2.24) is 9.97 Å². The molecule has 0 unspecified atom stereocenters. The van der Waals surface area contributed by atoms with Crippen molar-refractivity contribution in [2.24, 2.45) is 0 Å². The smallest absolute Gasteiger partial charge is 0.180 e. The van der Waals surface area contributed by atoms with Crippen molar-refractivity contribution >= 4 is 53.6 Å². The van der Waals surface area contributed by atoms with Crippen LogP contribution in [0.4, 0.5) is 0 Å². The van der Waals surface area contributed by atoms with Gasteiger partial charge in [-0.05, 0) is 68.8 Å². The van der Waals surface area contributed by atoms with Gasteiger partial charge in [-0.15, -0.1) is 11.3 Å². The van der Waals surface area contributed by atoms with E-state index < -0.39 is 0 Å². The lowest BCUT2D eigenvalue weighted by molar-refractivity contribution is 0.660. The molecule has 3 heterocycles. The summed E-state index contributed by atoms with van der Waals surface area (Å²) < 4.78 is 8.89. The fraction of sp³-hybridized carbons (Fsp3) is 0.0698. The minimum Gasteiger partial charge on any atom is -0.452 e. The number of hydrogen-bond donors (Lipinski definition) is 0. The minimum absolute atomic E-state index is 0.0359. The van der Waals surface area contributed by atoms with Gasteiger partial charge in [0.15, 0.2) is 5.58 Å². The molecule has 0 bridgehead atoms. The number of thiophene rings is 1. The first-order chi connectivity index (χ1) is 23.1. The summed E-state index contributed by atoms with van der Waals surface area (Å²) >= 11 is 1.89. The SMILES string of the molecule is CC1(C)c2ccccc2-c2ccc(-c3cccc4c3sc3c(-c5cccc(-c6ncnc7c6oc6ccccc67)c5)cccc34)cc21. The standard InChI is InChI=1S/C43H28N2OS/c1-43(2)35-18-5-3-12-30(35)31-21-20-26(23-36(31)43)29-15-9-17-33-32-16-8-14-28(41(32)47-42(29)33)25-10-7-11-27(22-25)38-40-39(45-24-44-38)34-13-4-6-19-37(34)46-40/h3-24H,1-2H3. The molecule has 0 radical (unpaired) electrons. The van der Waals surface area contributed by atoms with Crippen LogP contribution in [0, 0.1) is 0 Å². The summed E-state index contributed by atoms with van der Waals surface area (Å²) in [6, 6.07) is 46.0. The van der Waals surface area contributed by atoms with Crippen molar-refractivity contribution in [3.05, 3.63) is 145 Å². The third-order valence-corrected chi connectivity index (χ3v) is 11.3. The number of rotatable bonds is 3. The Bertz CT molecular complexity index is 2730. The van der Waals surface area contributed by atoms with Gasteiger partial charge in [-0.2, -0.15) is 0 Å². The lowest BCUT2D eigenvalue weighted by Crippen LogP contribution is -2.14. The molecule has 3 aromatic heterocycles. The van der Waals surface area contributed by atoms with Gasteiger partial charge in [-0.25, -0.2) is 9.97 Å². The molecule has 222 valence electrons. The zero-order valence-corrected chi connectivity index (χ0v) is 26.7. The van der Waals surface area contributed by atoms with Crippen molar-refractivity contribution in [3.8, 4) is 44.6 Å². The number of nitrogens with zero attached hydrogens (tertiary/aromatic N) is 2. The van der Waals surface area contributed by atoms with Crippen molar-refractivity contribution in [2.75, 3.05) is 0 Å². The van der Waals surface area contributed by atoms with Crippen molar-refractivity contribution in [1.29, 1.82) is 0 Å². The Morgan fingerprint density at radius 2 is 1.17 bits per heavy atom. The number of para-hydroxylation sites is 1. The Morgan fingerprint density at radius 1 is 0.532 bits per heavy atom. The van der Waals surface area contributed by atoms with E-state index in [1.807, 2.05) is 35.6 Å². The maximum absolute atomic E-state index is 6.28. The molecule has 47 heavy (non-hydrogen) atoms. The van der Waals surface area contributed by atoms with E-state index in [9.17, 15) is 0 Å². The molecule has 0 aliphatic heterocycles. The fourth-order valence-electron chi connectivity index (χ4n) is 7.71. The normalized spacial score (nSPS) is 13.5. The number of fused-ring (bicyclic) bond motifs is 9. The van der Waals surface area contributed by atoms with Gasteiger partial charge < -0.3 is 4.42 Å². The van der Waals surface area contributed by atoms with Crippen LogP contribution in [0.15, 0.2) is 138 Å². The molecule has 0 fully saturated rings. The molecule has 3 nitrogen and oxygen atoms in total. The molecule has 9 aromatic rings. The van der Waals surface area contributed by atoms with Crippen LogP contribution >= 0.6 is 11.3 Å². The molecule has 1 aliphatic rings. The van der Waals surface area contributed by atoms with Crippen molar-refractivity contribution < 1.29 is 4.42 Å². The summed E-state index contributed by atoms with van der Waals surface area (Å²) in [5, 5.41) is 3.58. The molecular weight excluding hydrogens is 593 g/mol. The van der Waals surface area contributed by atoms with Crippen molar-refractivity contribution in [3.63, 3.8) is 0 Å². The van der Waals surface area contributed by atoms with Crippen LogP contribution in [0.1, 0.15) is 25.0 Å². The highest BCUT2D eigenvalue weighted by molar-refractivity contribution is 7.26. The molecule has 10 rings (SSSR count). The first kappa shape index (κ1) is 26.6. The van der Waals surface area contributed by atoms with E-state index in [1.54, 1.807) is 6.33 Å². The summed E-state index contributed by atoms with van der Waals surface area (Å²) in [4.78, 5) is 9.26. The number of hydrogen-bond acceptors (Lipinski definition) is 4. The first-order valence-electron chi connectivity index (χ1n) is 16.0. The topological polar surface area (TPSA) is 38.9 Å². The lowest BCUT2D eigenvalue weighted by atomic mass is 9.81. The van der Waals surface area contributed by atoms with E-state index in [0.717, 1.165) is 38.9 Å². The summed E-state index contributed by atoms with van der Waals surface area (Å²) in [5.74, 6) is 0. The Kier molecular flexibility index (Phi) is 5.50. The number of furan rings is 1. The largest absolute Gasteiger partial charge is 0.452 e. The van der Waals surface area contributed by atoms with E-state index in [1.165, 1.54) is 59.1 Å². The molecular formula is C43H28N2OS. The van der Waals surface area contributed by atoms with Crippen LogP contribution < -0.4 is 0 Å². The molecule has 0 spiro atoms. The predicted octanol–water partition coefficient (Wildman–Crippen LogP) is 12.1. The summed E-state index contributed by atoms with van der Waals surface area (Å²) in [5.41, 5.74) is 14.6. The third kappa shape index (κ3) is 3.79. The van der Waals surface area contributed by atoms with Crippen LogP contribution in [0.3, 0.4) is 0 Å². The van der Waals surface area contributed by atoms with Crippen LogP contribution in [0.2, 0.25) is 0 Å². The predicted molar refractivity (Wildman–Crippen MR) is 196 cm³/mol. The molecule has 1 aliphatic carbocycles. The second kappa shape index (κ2) is 9.71. The highest BCUT2D eigenvalue weighted by atomic mass is 32.1. The fourth-order valence-corrected chi connectivity index (χ4v) is 9.08. The van der Waals surface area contributed by atoms with Gasteiger partial charge in [-0.1, -0.05) is 117 Å². The van der Waals surface area contributed by atoms with Gasteiger partial charge >= 0.3 is 0 Å². The zero-order chi connectivity index (χ0) is 31.3. The van der Waals surface area contributed by atoms with Crippen LogP contribution in [0.25, 0.3) is 86.9 Å². The lowest BCUT2D eigenvalue weighted by Gasteiger charge is -2.22. The second-order valence-corrected chi connectivity index (χ2v) is 14.0. The van der Waals surface area contributed by atoms with E-state index in [-0.39, 0.29) is 5.41 Å². The Balaban J connectivity index is 1.12. The van der Waals surface area contributed by atoms with Gasteiger partial charge in [0, 0.05) is 36.5 Å². The molecule has 4 heteroatoms. The Hall–Kier alpha value is -5.58. The molecule has 0 N–H and O–H groups in total. The van der Waals surface area contributed by atoms with Gasteiger partial charge in [0.05, 0.1) is 0 Å². The van der Waals surface area contributed by atoms with Gasteiger partial charge in [0.1, 0.15) is 23.1 Å². The highest BCUT2D eigenvalue weighted by Gasteiger charge is 2.35. The highest BCUT2D eigenvalue weighted by Crippen LogP contribution is 2.51. The summed E-state index contributed by atoms with van der Waals surface area (Å²) in [6.07, 6.45) is 1.64. The Morgan fingerprint density at radius 3 is 2.00 bits per heavy atom. The van der Waals surface area contributed by atoms with Crippen molar-refractivity contribution in [2.45, 2.75) is 19.3 Å².